The molecule has 8 heteroatoms. The topological polar surface area (TPSA) is 104 Å². The molecule has 3 heterocycles. The Balaban J connectivity index is 1.67. The number of hydrogen-bond acceptors (Lipinski definition) is 8. The number of ether oxygens (including phenoxy) is 5. The van der Waals surface area contributed by atoms with E-state index >= 15 is 0 Å². The lowest BCUT2D eigenvalue weighted by atomic mass is 9.50. The number of carbonyl (C=O) groups excluding carboxylic acids is 2. The van der Waals surface area contributed by atoms with Crippen molar-refractivity contribution in [2.24, 2.45) is 10.8 Å². The summed E-state index contributed by atoms with van der Waals surface area (Å²) in [7, 11) is 0. The van der Waals surface area contributed by atoms with E-state index in [1.54, 1.807) is 6.92 Å². The van der Waals surface area contributed by atoms with Gasteiger partial charge in [0.15, 0.2) is 0 Å². The molecule has 3 saturated heterocycles. The van der Waals surface area contributed by atoms with E-state index in [2.05, 4.69) is 0 Å². The Morgan fingerprint density at radius 2 is 2.08 bits per heavy atom. The molecule has 2 aliphatic carbocycles. The van der Waals surface area contributed by atoms with E-state index in [1.807, 2.05) is 13.0 Å². The first kappa shape index (κ1) is 16.5. The van der Waals surface area contributed by atoms with E-state index < -0.39 is 53.1 Å². The van der Waals surface area contributed by atoms with Gasteiger partial charge in [-0.3, -0.25) is 4.79 Å². The second-order valence-corrected chi connectivity index (χ2v) is 8.31. The van der Waals surface area contributed by atoms with Gasteiger partial charge in [0.25, 0.3) is 0 Å². The van der Waals surface area contributed by atoms with Crippen LogP contribution in [0.3, 0.4) is 0 Å². The number of epoxide rings is 1. The highest BCUT2D eigenvalue weighted by atomic mass is 16.7. The monoisotopic (exact) mass is 366 g/mol. The minimum absolute atomic E-state index is 0.0587. The Morgan fingerprint density at radius 1 is 1.35 bits per heavy atom. The highest BCUT2D eigenvalue weighted by Gasteiger charge is 2.85. The van der Waals surface area contributed by atoms with Crippen LogP contribution >= 0.6 is 0 Å². The molecule has 0 aromatic rings. The molecule has 1 N–H and O–H groups in total. The molecule has 1 unspecified atom stereocenters. The summed E-state index contributed by atoms with van der Waals surface area (Å²) in [5.74, 6) is -0.374. The van der Waals surface area contributed by atoms with Crippen molar-refractivity contribution in [2.75, 3.05) is 13.2 Å². The van der Waals surface area contributed by atoms with Crippen molar-refractivity contribution < 1.29 is 38.4 Å². The molecular formula is C18H22O8. The van der Waals surface area contributed by atoms with E-state index in [0.717, 1.165) is 0 Å². The first-order valence-electron chi connectivity index (χ1n) is 8.92. The molecule has 26 heavy (non-hydrogen) atoms. The summed E-state index contributed by atoms with van der Waals surface area (Å²) < 4.78 is 28.6. The smallest absolute Gasteiger partial charge is 0.460 e. The Labute approximate surface area is 150 Å². The van der Waals surface area contributed by atoms with Gasteiger partial charge >= 0.3 is 12.1 Å². The average molecular weight is 366 g/mol. The maximum Gasteiger partial charge on any atom is 0.508 e. The van der Waals surface area contributed by atoms with Crippen LogP contribution in [0.1, 0.15) is 27.2 Å². The molecule has 4 fully saturated rings. The standard InChI is InChI=1S/C18H22O8/c1-8-4-11-17(6-22-15(21)26-14(17)12(8)20)16(3)5-10(24-9(2)19)13(25-11)18(16)7-23-18/h4,10-14,20H,5-7H2,1-3H3/t10-,11-,12-,13-,14-,16?,17-,18+/m1/s1. The molecule has 5 aliphatic rings. The van der Waals surface area contributed by atoms with Crippen molar-refractivity contribution in [1.82, 2.24) is 0 Å². The molecular weight excluding hydrogens is 344 g/mol. The Bertz CT molecular complexity index is 727. The molecule has 1 saturated carbocycles. The SMILES string of the molecule is CC(=O)O[C@@H]1CC2(C)[C@@]34COC(=O)O[C@@H]3[C@H](O)C(C)=C[C@H]4O[C@H]1[C@@]21CO1. The summed E-state index contributed by atoms with van der Waals surface area (Å²) in [6.07, 6.45) is -1.46. The number of carbonyl (C=O) groups is 2. The maximum absolute atomic E-state index is 11.8. The maximum atomic E-state index is 11.8. The molecule has 0 aromatic carbocycles. The van der Waals surface area contributed by atoms with Gasteiger partial charge in [0.1, 0.15) is 36.6 Å². The summed E-state index contributed by atoms with van der Waals surface area (Å²) in [5.41, 5.74) is -1.32. The lowest BCUT2D eigenvalue weighted by molar-refractivity contribution is -0.282. The van der Waals surface area contributed by atoms with Gasteiger partial charge in [-0.05, 0) is 18.9 Å². The molecule has 3 aliphatic heterocycles. The normalized spacial score (nSPS) is 53.8. The molecule has 8 atom stereocenters. The number of esters is 1. The minimum atomic E-state index is -0.945. The third-order valence-electron chi connectivity index (χ3n) is 7.27. The second-order valence-electron chi connectivity index (χ2n) is 8.31. The van der Waals surface area contributed by atoms with Gasteiger partial charge in [-0.2, -0.15) is 0 Å². The van der Waals surface area contributed by atoms with Crippen LogP contribution in [0, 0.1) is 10.8 Å². The summed E-state index contributed by atoms with van der Waals surface area (Å²) in [5, 5.41) is 10.8. The highest BCUT2D eigenvalue weighted by Crippen LogP contribution is 2.72. The predicted octanol–water partition coefficient (Wildman–Crippen LogP) is 0.707. The fourth-order valence-electron chi connectivity index (χ4n) is 5.88. The lowest BCUT2D eigenvalue weighted by Gasteiger charge is -2.61. The molecule has 142 valence electrons. The van der Waals surface area contributed by atoms with E-state index in [4.69, 9.17) is 23.7 Å². The molecule has 2 bridgehead atoms. The second kappa shape index (κ2) is 4.79. The van der Waals surface area contributed by atoms with Gasteiger partial charge in [0.2, 0.25) is 0 Å². The average Bonchev–Trinajstić information content (AvgIpc) is 3.33. The number of aliphatic hydroxyl groups is 1. The van der Waals surface area contributed by atoms with E-state index in [0.29, 0.717) is 18.6 Å². The van der Waals surface area contributed by atoms with Crippen molar-refractivity contribution in [2.45, 2.75) is 63.3 Å². The summed E-state index contributed by atoms with van der Waals surface area (Å²) in [6, 6.07) is 0. The van der Waals surface area contributed by atoms with Gasteiger partial charge < -0.3 is 28.8 Å². The van der Waals surface area contributed by atoms with Crippen molar-refractivity contribution in [3.05, 3.63) is 11.6 Å². The number of rotatable bonds is 1. The van der Waals surface area contributed by atoms with Crippen LogP contribution < -0.4 is 0 Å². The first-order valence-corrected chi connectivity index (χ1v) is 8.92. The molecule has 5 rings (SSSR count). The molecule has 0 aromatic heterocycles. The molecule has 2 spiro atoms. The molecule has 0 amide bonds. The first-order chi connectivity index (χ1) is 12.2. The fourth-order valence-corrected chi connectivity index (χ4v) is 5.88. The van der Waals surface area contributed by atoms with Crippen LogP contribution in [0.25, 0.3) is 0 Å². The predicted molar refractivity (Wildman–Crippen MR) is 84.0 cm³/mol. The largest absolute Gasteiger partial charge is 0.508 e. The van der Waals surface area contributed by atoms with E-state index in [9.17, 15) is 14.7 Å². The molecule has 0 radical (unpaired) electrons. The lowest BCUT2D eigenvalue weighted by Crippen LogP contribution is -2.73. The highest BCUT2D eigenvalue weighted by molar-refractivity contribution is 5.66. The van der Waals surface area contributed by atoms with Crippen molar-refractivity contribution in [3.63, 3.8) is 0 Å². The van der Waals surface area contributed by atoms with Crippen LogP contribution in [-0.4, -0.2) is 66.6 Å². The summed E-state index contributed by atoms with van der Waals surface area (Å²) in [4.78, 5) is 23.4. The van der Waals surface area contributed by atoms with Gasteiger partial charge in [0.05, 0.1) is 18.1 Å². The Kier molecular flexibility index (Phi) is 3.05. The third kappa shape index (κ3) is 1.66. The zero-order valence-electron chi connectivity index (χ0n) is 14.9. The summed E-state index contributed by atoms with van der Waals surface area (Å²) in [6.45, 7) is 5.73. The van der Waals surface area contributed by atoms with Gasteiger partial charge in [-0.1, -0.05) is 13.0 Å². The van der Waals surface area contributed by atoms with Gasteiger partial charge in [-0.25, -0.2) is 4.79 Å². The summed E-state index contributed by atoms with van der Waals surface area (Å²) >= 11 is 0. The van der Waals surface area contributed by atoms with Gasteiger partial charge in [-0.15, -0.1) is 0 Å². The van der Waals surface area contributed by atoms with Crippen molar-refractivity contribution >= 4 is 12.1 Å². The van der Waals surface area contributed by atoms with Crippen LogP contribution in [0.5, 0.6) is 0 Å². The van der Waals surface area contributed by atoms with Crippen LogP contribution in [0.15, 0.2) is 11.6 Å². The number of cyclic esters (lactones) is 1. The Hall–Kier alpha value is -1.64. The number of aliphatic hydroxyl groups excluding tert-OH is 1. The van der Waals surface area contributed by atoms with Crippen LogP contribution in [-0.2, 0) is 28.5 Å². The van der Waals surface area contributed by atoms with Crippen molar-refractivity contribution in [1.29, 1.82) is 0 Å². The number of hydrogen-bond donors (Lipinski definition) is 1. The van der Waals surface area contributed by atoms with E-state index in [-0.39, 0.29) is 12.6 Å². The zero-order valence-corrected chi connectivity index (χ0v) is 14.9. The minimum Gasteiger partial charge on any atom is -0.460 e. The zero-order chi connectivity index (χ0) is 18.5. The fraction of sp³-hybridized carbons (Fsp3) is 0.778. The third-order valence-corrected chi connectivity index (χ3v) is 7.27. The van der Waals surface area contributed by atoms with Crippen LogP contribution in [0.4, 0.5) is 4.79 Å². The van der Waals surface area contributed by atoms with Crippen LogP contribution in [0.2, 0.25) is 0 Å². The van der Waals surface area contributed by atoms with E-state index in [1.165, 1.54) is 6.92 Å². The van der Waals surface area contributed by atoms with Crippen molar-refractivity contribution in [3.8, 4) is 0 Å². The quantitative estimate of drug-likeness (QED) is 0.411. The molecule has 8 nitrogen and oxygen atoms in total. The Morgan fingerprint density at radius 3 is 2.73 bits per heavy atom. The van der Waals surface area contributed by atoms with Gasteiger partial charge in [0, 0.05) is 12.3 Å².